The van der Waals surface area contributed by atoms with E-state index in [1.165, 1.54) is 0 Å². The Hall–Kier alpha value is -2.71. The molecule has 9 heteroatoms. The standard InChI is InChI=1S/C12H13N3O6/c16-9(13-12(11(18)19)4-1-5-12)7-14-6-8(15(20)21)2-3-10(14)17/h2-3,6H,1,4-5,7H2,(H,13,16)(H,18,19). The second-order valence-electron chi connectivity index (χ2n) is 4.90. The van der Waals surface area contributed by atoms with Gasteiger partial charge in [0.1, 0.15) is 12.1 Å². The van der Waals surface area contributed by atoms with E-state index in [1.54, 1.807) is 0 Å². The summed E-state index contributed by atoms with van der Waals surface area (Å²) in [5.74, 6) is -1.78. The summed E-state index contributed by atoms with van der Waals surface area (Å²) in [5.41, 5.74) is -2.17. The monoisotopic (exact) mass is 295 g/mol. The maximum Gasteiger partial charge on any atom is 0.329 e. The van der Waals surface area contributed by atoms with Gasteiger partial charge in [-0.3, -0.25) is 24.3 Å². The van der Waals surface area contributed by atoms with E-state index < -0.39 is 34.4 Å². The van der Waals surface area contributed by atoms with Crippen molar-refractivity contribution in [2.75, 3.05) is 0 Å². The summed E-state index contributed by atoms with van der Waals surface area (Å²) >= 11 is 0. The number of carboxylic acid groups (broad SMARTS) is 1. The van der Waals surface area contributed by atoms with Gasteiger partial charge in [-0.1, -0.05) is 0 Å². The van der Waals surface area contributed by atoms with Gasteiger partial charge in [0.15, 0.2) is 0 Å². The van der Waals surface area contributed by atoms with Gasteiger partial charge in [-0.05, 0) is 19.3 Å². The first-order valence-corrected chi connectivity index (χ1v) is 6.23. The third kappa shape index (κ3) is 2.91. The molecule has 0 radical (unpaired) electrons. The Balaban J connectivity index is 2.13. The summed E-state index contributed by atoms with van der Waals surface area (Å²) < 4.78 is 0.877. The minimum Gasteiger partial charge on any atom is -0.480 e. The van der Waals surface area contributed by atoms with E-state index in [-0.39, 0.29) is 5.69 Å². The van der Waals surface area contributed by atoms with Crippen LogP contribution in [0.3, 0.4) is 0 Å². The molecule has 1 aromatic heterocycles. The second-order valence-corrected chi connectivity index (χ2v) is 4.90. The number of aliphatic carboxylic acids is 1. The number of nitrogens with zero attached hydrogens (tertiary/aromatic N) is 2. The number of nitrogens with one attached hydrogen (secondary N) is 1. The smallest absolute Gasteiger partial charge is 0.329 e. The fourth-order valence-corrected chi connectivity index (χ4v) is 2.13. The Morgan fingerprint density at radius 2 is 2.10 bits per heavy atom. The largest absolute Gasteiger partial charge is 0.480 e. The molecule has 1 aliphatic carbocycles. The molecule has 0 aromatic carbocycles. The van der Waals surface area contributed by atoms with Crippen molar-refractivity contribution in [1.82, 2.24) is 9.88 Å². The summed E-state index contributed by atoms with van der Waals surface area (Å²) in [6.07, 6.45) is 2.31. The van der Waals surface area contributed by atoms with E-state index >= 15 is 0 Å². The highest BCUT2D eigenvalue weighted by Gasteiger charge is 2.45. The van der Waals surface area contributed by atoms with Crippen LogP contribution in [0.25, 0.3) is 0 Å². The van der Waals surface area contributed by atoms with Gasteiger partial charge in [0.25, 0.3) is 11.2 Å². The third-order valence-corrected chi connectivity index (χ3v) is 3.49. The average molecular weight is 295 g/mol. The van der Waals surface area contributed by atoms with Crippen LogP contribution in [0.15, 0.2) is 23.1 Å². The van der Waals surface area contributed by atoms with Crippen molar-refractivity contribution in [3.05, 3.63) is 38.8 Å². The maximum absolute atomic E-state index is 11.9. The molecule has 0 spiro atoms. The van der Waals surface area contributed by atoms with E-state index in [0.717, 1.165) is 22.9 Å². The molecule has 0 aliphatic heterocycles. The zero-order valence-corrected chi connectivity index (χ0v) is 10.9. The molecule has 1 amide bonds. The number of carbonyl (C=O) groups excluding carboxylic acids is 1. The van der Waals surface area contributed by atoms with Gasteiger partial charge in [-0.25, -0.2) is 4.79 Å². The van der Waals surface area contributed by atoms with Crippen molar-refractivity contribution >= 4 is 17.6 Å². The maximum atomic E-state index is 11.9. The van der Waals surface area contributed by atoms with Gasteiger partial charge in [-0.2, -0.15) is 0 Å². The molecule has 1 saturated carbocycles. The summed E-state index contributed by atoms with van der Waals surface area (Å²) in [6.45, 7) is -0.463. The normalized spacial score (nSPS) is 15.8. The average Bonchev–Trinajstić information content (AvgIpc) is 2.35. The van der Waals surface area contributed by atoms with Gasteiger partial charge in [-0.15, -0.1) is 0 Å². The molecule has 0 bridgehead atoms. The van der Waals surface area contributed by atoms with Gasteiger partial charge >= 0.3 is 5.97 Å². The molecule has 112 valence electrons. The van der Waals surface area contributed by atoms with Crippen molar-refractivity contribution < 1.29 is 19.6 Å². The number of aromatic nitrogens is 1. The Bertz CT molecular complexity index is 661. The lowest BCUT2D eigenvalue weighted by atomic mass is 9.77. The lowest BCUT2D eigenvalue weighted by molar-refractivity contribution is -0.385. The molecule has 0 unspecified atom stereocenters. The number of hydrogen-bond acceptors (Lipinski definition) is 5. The molecule has 9 nitrogen and oxygen atoms in total. The first-order chi connectivity index (χ1) is 9.84. The highest BCUT2D eigenvalue weighted by atomic mass is 16.6. The molecule has 2 rings (SSSR count). The van der Waals surface area contributed by atoms with Crippen LogP contribution in [0.5, 0.6) is 0 Å². The minimum absolute atomic E-state index is 0.320. The fourth-order valence-electron chi connectivity index (χ4n) is 2.13. The summed E-state index contributed by atoms with van der Waals surface area (Å²) in [6, 6.07) is 2.03. The lowest BCUT2D eigenvalue weighted by Crippen LogP contribution is -2.59. The van der Waals surface area contributed by atoms with Crippen LogP contribution >= 0.6 is 0 Å². The summed E-state index contributed by atoms with van der Waals surface area (Å²) in [4.78, 5) is 44.5. The molecule has 0 saturated heterocycles. The molecule has 21 heavy (non-hydrogen) atoms. The van der Waals surface area contributed by atoms with Gasteiger partial charge < -0.3 is 10.4 Å². The number of carboxylic acids is 1. The molecule has 0 atom stereocenters. The minimum atomic E-state index is -1.28. The molecular weight excluding hydrogens is 282 g/mol. The molecule has 1 aromatic rings. The molecule has 1 heterocycles. The van der Waals surface area contributed by atoms with Crippen molar-refractivity contribution in [3.63, 3.8) is 0 Å². The number of pyridine rings is 1. The van der Waals surface area contributed by atoms with Crippen LogP contribution in [-0.2, 0) is 16.1 Å². The number of hydrogen-bond donors (Lipinski definition) is 2. The zero-order chi connectivity index (χ0) is 15.6. The molecule has 1 aliphatic rings. The predicted octanol–water partition coefficient (Wildman–Crippen LogP) is -0.120. The number of nitro groups is 1. The van der Waals surface area contributed by atoms with Gasteiger partial charge in [0.2, 0.25) is 5.91 Å². The summed E-state index contributed by atoms with van der Waals surface area (Å²) in [7, 11) is 0. The first-order valence-electron chi connectivity index (χ1n) is 6.23. The highest BCUT2D eigenvalue weighted by molar-refractivity contribution is 5.87. The van der Waals surface area contributed by atoms with E-state index in [1.807, 2.05) is 0 Å². The Labute approximate surface area is 118 Å². The Morgan fingerprint density at radius 3 is 2.57 bits per heavy atom. The van der Waals surface area contributed by atoms with E-state index in [9.17, 15) is 24.5 Å². The van der Waals surface area contributed by atoms with E-state index in [0.29, 0.717) is 19.3 Å². The first kappa shape index (κ1) is 14.7. The Kier molecular flexibility index (Phi) is 3.74. The quantitative estimate of drug-likeness (QED) is 0.575. The topological polar surface area (TPSA) is 132 Å². The zero-order valence-electron chi connectivity index (χ0n) is 10.9. The van der Waals surface area contributed by atoms with Crippen molar-refractivity contribution in [2.24, 2.45) is 0 Å². The lowest BCUT2D eigenvalue weighted by Gasteiger charge is -2.38. The van der Waals surface area contributed by atoms with E-state index in [4.69, 9.17) is 5.11 Å². The van der Waals surface area contributed by atoms with Crippen molar-refractivity contribution in [2.45, 2.75) is 31.3 Å². The number of carbonyl (C=O) groups is 2. The van der Waals surface area contributed by atoms with E-state index in [2.05, 4.69) is 5.32 Å². The second kappa shape index (κ2) is 5.35. The van der Waals surface area contributed by atoms with Crippen LogP contribution in [-0.4, -0.2) is 32.0 Å². The van der Waals surface area contributed by atoms with Crippen LogP contribution in [0.2, 0.25) is 0 Å². The number of rotatable bonds is 5. The third-order valence-electron chi connectivity index (χ3n) is 3.49. The van der Waals surface area contributed by atoms with Crippen molar-refractivity contribution in [1.29, 1.82) is 0 Å². The fraction of sp³-hybridized carbons (Fsp3) is 0.417. The Morgan fingerprint density at radius 1 is 1.43 bits per heavy atom. The van der Waals surface area contributed by atoms with Gasteiger partial charge in [0, 0.05) is 12.1 Å². The predicted molar refractivity (Wildman–Crippen MR) is 69.7 cm³/mol. The van der Waals surface area contributed by atoms with Crippen LogP contribution in [0.1, 0.15) is 19.3 Å². The molecular formula is C12H13N3O6. The number of amides is 1. The van der Waals surface area contributed by atoms with Crippen LogP contribution in [0, 0.1) is 10.1 Å². The highest BCUT2D eigenvalue weighted by Crippen LogP contribution is 2.31. The molecule has 1 fully saturated rings. The molecule has 2 N–H and O–H groups in total. The van der Waals surface area contributed by atoms with Gasteiger partial charge in [0.05, 0.1) is 11.1 Å². The van der Waals surface area contributed by atoms with Crippen LogP contribution in [0.4, 0.5) is 5.69 Å². The SMILES string of the molecule is O=C(Cn1cc([N+](=O)[O-])ccc1=O)NC1(C(=O)O)CCC1. The van der Waals surface area contributed by atoms with Crippen LogP contribution < -0.4 is 10.9 Å². The summed E-state index contributed by atoms with van der Waals surface area (Å²) in [5, 5.41) is 22.1. The van der Waals surface area contributed by atoms with Crippen molar-refractivity contribution in [3.8, 4) is 0 Å².